The minimum atomic E-state index is -0.0673. The fraction of sp³-hybridized carbons (Fsp3) is 0.632. The summed E-state index contributed by atoms with van der Waals surface area (Å²) in [5.74, 6) is 3.77. The van der Waals surface area contributed by atoms with E-state index in [1.54, 1.807) is 11.0 Å². The van der Waals surface area contributed by atoms with Gasteiger partial charge in [-0.05, 0) is 57.8 Å². The molecule has 1 amide bonds. The maximum atomic E-state index is 12.9. The molecular weight excluding hydrogens is 330 g/mol. The minimum absolute atomic E-state index is 0.0673. The zero-order valence-corrected chi connectivity index (χ0v) is 15.8. The molecular formula is C19H27N5O2. The third kappa shape index (κ3) is 3.28. The Balaban J connectivity index is 1.42. The molecule has 1 atom stereocenters. The number of hydrogen-bond donors (Lipinski definition) is 0. The van der Waals surface area contributed by atoms with Gasteiger partial charge in [0, 0.05) is 6.54 Å². The van der Waals surface area contributed by atoms with E-state index in [9.17, 15) is 4.79 Å². The fourth-order valence-electron chi connectivity index (χ4n) is 4.06. The van der Waals surface area contributed by atoms with Crippen LogP contribution in [-0.4, -0.2) is 50.1 Å². The molecule has 2 aliphatic rings. The first-order valence-corrected chi connectivity index (χ1v) is 9.52. The van der Waals surface area contributed by atoms with Crippen molar-refractivity contribution >= 4 is 5.91 Å². The van der Waals surface area contributed by atoms with Crippen molar-refractivity contribution in [2.24, 2.45) is 5.92 Å². The number of aromatic nitrogens is 3. The van der Waals surface area contributed by atoms with Crippen molar-refractivity contribution in [3.05, 3.63) is 35.3 Å². The summed E-state index contributed by atoms with van der Waals surface area (Å²) in [6.07, 6.45) is 2.47. The maximum absolute atomic E-state index is 12.9. The van der Waals surface area contributed by atoms with Crippen LogP contribution >= 0.6 is 0 Å². The Morgan fingerprint density at radius 3 is 2.77 bits per heavy atom. The van der Waals surface area contributed by atoms with Crippen molar-refractivity contribution in [2.75, 3.05) is 19.6 Å². The molecule has 0 aromatic carbocycles. The molecule has 1 fully saturated rings. The molecule has 2 aliphatic heterocycles. The van der Waals surface area contributed by atoms with Gasteiger partial charge in [-0.3, -0.25) is 9.69 Å². The Morgan fingerprint density at radius 2 is 2.00 bits per heavy atom. The van der Waals surface area contributed by atoms with Gasteiger partial charge in [0.15, 0.2) is 11.6 Å². The lowest BCUT2D eigenvalue weighted by molar-refractivity contribution is 0.0643. The normalized spacial score (nSPS) is 21.8. The number of carbonyl (C=O) groups is 1. The molecule has 140 valence electrons. The summed E-state index contributed by atoms with van der Waals surface area (Å²) in [7, 11) is 0. The summed E-state index contributed by atoms with van der Waals surface area (Å²) < 4.78 is 7.99. The molecule has 0 saturated carbocycles. The molecule has 0 spiro atoms. The van der Waals surface area contributed by atoms with Crippen molar-refractivity contribution in [2.45, 2.75) is 52.7 Å². The van der Waals surface area contributed by atoms with Gasteiger partial charge in [0.2, 0.25) is 0 Å². The zero-order chi connectivity index (χ0) is 18.3. The quantitative estimate of drug-likeness (QED) is 0.845. The van der Waals surface area contributed by atoms with E-state index in [0.717, 1.165) is 43.0 Å². The number of furan rings is 1. The van der Waals surface area contributed by atoms with Crippen LogP contribution in [0, 0.1) is 12.8 Å². The van der Waals surface area contributed by atoms with Gasteiger partial charge in [-0.2, -0.15) is 0 Å². The van der Waals surface area contributed by atoms with Gasteiger partial charge in [0.25, 0.3) is 5.91 Å². The highest BCUT2D eigenvalue weighted by Crippen LogP contribution is 2.24. The molecule has 0 N–H and O–H groups in total. The summed E-state index contributed by atoms with van der Waals surface area (Å²) in [5.41, 5.74) is 0. The highest BCUT2D eigenvalue weighted by molar-refractivity contribution is 5.91. The predicted molar refractivity (Wildman–Crippen MR) is 96.6 cm³/mol. The number of amides is 1. The van der Waals surface area contributed by atoms with Crippen molar-refractivity contribution in [1.29, 1.82) is 0 Å². The molecule has 2 aromatic rings. The minimum Gasteiger partial charge on any atom is -0.455 e. The SMILES string of the molecule is Cc1nnc2n1[C@H](C)CN(C(=O)c1ccc(CN3CCC(C)CC3)o1)C2. The second-order valence-corrected chi connectivity index (χ2v) is 7.79. The van der Waals surface area contributed by atoms with Crippen molar-refractivity contribution in [3.8, 4) is 0 Å². The lowest BCUT2D eigenvalue weighted by Crippen LogP contribution is -2.40. The van der Waals surface area contributed by atoms with Crippen LogP contribution in [0.5, 0.6) is 0 Å². The van der Waals surface area contributed by atoms with Crippen LogP contribution in [0.15, 0.2) is 16.5 Å². The average Bonchev–Trinajstić information content (AvgIpc) is 3.23. The highest BCUT2D eigenvalue weighted by Gasteiger charge is 2.30. The molecule has 4 rings (SSSR count). The van der Waals surface area contributed by atoms with Gasteiger partial charge < -0.3 is 13.9 Å². The van der Waals surface area contributed by atoms with E-state index in [1.807, 2.05) is 13.0 Å². The Bertz CT molecular complexity index is 788. The topological polar surface area (TPSA) is 67.4 Å². The molecule has 7 heteroatoms. The van der Waals surface area contributed by atoms with Gasteiger partial charge in [0.05, 0.1) is 19.1 Å². The lowest BCUT2D eigenvalue weighted by Gasteiger charge is -2.31. The Kier molecular flexibility index (Phi) is 4.56. The molecule has 0 bridgehead atoms. The van der Waals surface area contributed by atoms with Gasteiger partial charge >= 0.3 is 0 Å². The van der Waals surface area contributed by atoms with Crippen LogP contribution in [0.25, 0.3) is 0 Å². The van der Waals surface area contributed by atoms with Crippen LogP contribution in [0.3, 0.4) is 0 Å². The van der Waals surface area contributed by atoms with E-state index >= 15 is 0 Å². The molecule has 2 aromatic heterocycles. The highest BCUT2D eigenvalue weighted by atomic mass is 16.4. The number of likely N-dealkylation sites (tertiary alicyclic amines) is 1. The van der Waals surface area contributed by atoms with Gasteiger partial charge in [0.1, 0.15) is 11.6 Å². The molecule has 26 heavy (non-hydrogen) atoms. The van der Waals surface area contributed by atoms with E-state index in [2.05, 4.69) is 33.5 Å². The van der Waals surface area contributed by atoms with Crippen LogP contribution < -0.4 is 0 Å². The molecule has 0 aliphatic carbocycles. The second kappa shape index (κ2) is 6.87. The van der Waals surface area contributed by atoms with Crippen molar-refractivity contribution in [3.63, 3.8) is 0 Å². The van der Waals surface area contributed by atoms with E-state index in [1.165, 1.54) is 12.8 Å². The summed E-state index contributed by atoms with van der Waals surface area (Å²) in [6.45, 7) is 10.4. The summed E-state index contributed by atoms with van der Waals surface area (Å²) in [6, 6.07) is 3.91. The number of rotatable bonds is 3. The number of nitrogens with zero attached hydrogens (tertiary/aromatic N) is 5. The Morgan fingerprint density at radius 1 is 1.23 bits per heavy atom. The van der Waals surface area contributed by atoms with Gasteiger partial charge in [-0.25, -0.2) is 0 Å². The molecule has 0 radical (unpaired) electrons. The molecule has 1 saturated heterocycles. The van der Waals surface area contributed by atoms with E-state index < -0.39 is 0 Å². The summed E-state index contributed by atoms with van der Waals surface area (Å²) in [5, 5.41) is 8.34. The average molecular weight is 357 g/mol. The zero-order valence-electron chi connectivity index (χ0n) is 15.8. The smallest absolute Gasteiger partial charge is 0.290 e. The van der Waals surface area contributed by atoms with Crippen LogP contribution in [0.4, 0.5) is 0 Å². The number of carbonyl (C=O) groups excluding carboxylic acids is 1. The van der Waals surface area contributed by atoms with Crippen molar-refractivity contribution in [1.82, 2.24) is 24.6 Å². The van der Waals surface area contributed by atoms with Crippen molar-refractivity contribution < 1.29 is 9.21 Å². The second-order valence-electron chi connectivity index (χ2n) is 7.79. The molecule has 0 unspecified atom stereocenters. The largest absolute Gasteiger partial charge is 0.455 e. The Hall–Kier alpha value is -2.15. The van der Waals surface area contributed by atoms with Crippen LogP contribution in [0.1, 0.15) is 60.7 Å². The first-order chi connectivity index (χ1) is 12.5. The third-order valence-corrected chi connectivity index (χ3v) is 5.61. The van der Waals surface area contributed by atoms with E-state index in [-0.39, 0.29) is 11.9 Å². The summed E-state index contributed by atoms with van der Waals surface area (Å²) in [4.78, 5) is 17.1. The Labute approximate surface area is 154 Å². The van der Waals surface area contributed by atoms with E-state index in [4.69, 9.17) is 4.42 Å². The maximum Gasteiger partial charge on any atom is 0.290 e. The first-order valence-electron chi connectivity index (χ1n) is 9.52. The third-order valence-electron chi connectivity index (χ3n) is 5.61. The van der Waals surface area contributed by atoms with Gasteiger partial charge in [-0.15, -0.1) is 10.2 Å². The molecule has 4 heterocycles. The number of fused-ring (bicyclic) bond motifs is 1. The summed E-state index contributed by atoms with van der Waals surface area (Å²) >= 11 is 0. The number of aryl methyl sites for hydroxylation is 1. The molecule has 7 nitrogen and oxygen atoms in total. The lowest BCUT2D eigenvalue weighted by atomic mass is 9.99. The number of hydrogen-bond acceptors (Lipinski definition) is 5. The first kappa shape index (κ1) is 17.3. The number of piperidine rings is 1. The van der Waals surface area contributed by atoms with Crippen LogP contribution in [0.2, 0.25) is 0 Å². The standard InChI is InChI=1S/C19H27N5O2/c1-13-6-8-22(9-7-13)11-16-4-5-17(26-16)19(25)23-10-14(2)24-15(3)20-21-18(24)12-23/h4-5,13-14H,6-12H2,1-3H3/t14-/m1/s1. The van der Waals surface area contributed by atoms with Gasteiger partial charge in [-0.1, -0.05) is 6.92 Å². The van der Waals surface area contributed by atoms with Crippen LogP contribution in [-0.2, 0) is 13.1 Å². The monoisotopic (exact) mass is 357 g/mol. The van der Waals surface area contributed by atoms with E-state index in [0.29, 0.717) is 18.8 Å². The predicted octanol–water partition coefficient (Wildman–Crippen LogP) is 2.63. The fourth-order valence-corrected chi connectivity index (χ4v) is 4.06.